The summed E-state index contributed by atoms with van der Waals surface area (Å²) in [6.07, 6.45) is 0.918. The van der Waals surface area contributed by atoms with E-state index in [0.717, 1.165) is 10.7 Å². The van der Waals surface area contributed by atoms with E-state index in [1.807, 2.05) is 24.3 Å². The van der Waals surface area contributed by atoms with Gasteiger partial charge < -0.3 is 10.1 Å². The van der Waals surface area contributed by atoms with E-state index in [4.69, 9.17) is 4.74 Å². The van der Waals surface area contributed by atoms with Gasteiger partial charge >= 0.3 is 0 Å². The predicted molar refractivity (Wildman–Crippen MR) is 135 cm³/mol. The van der Waals surface area contributed by atoms with Gasteiger partial charge in [0.15, 0.2) is 0 Å². The summed E-state index contributed by atoms with van der Waals surface area (Å²) >= 11 is 0. The molecule has 1 aliphatic rings. The fraction of sp³-hybridized carbons (Fsp3) is 0.185. The zero-order valence-electron chi connectivity index (χ0n) is 19.7. The lowest BCUT2D eigenvalue weighted by molar-refractivity contribution is -0.122. The van der Waals surface area contributed by atoms with E-state index < -0.39 is 15.9 Å². The largest absolute Gasteiger partial charge is 0.497 e. The number of ether oxygens (including phenoxy) is 1. The highest BCUT2D eigenvalue weighted by atomic mass is 32.2. The van der Waals surface area contributed by atoms with Crippen LogP contribution in [-0.2, 0) is 27.8 Å². The van der Waals surface area contributed by atoms with Gasteiger partial charge in [-0.25, -0.2) is 12.7 Å². The molecule has 0 aliphatic carbocycles. The first-order chi connectivity index (χ1) is 16.7. The normalized spacial score (nSPS) is 14.8. The fourth-order valence-corrected chi connectivity index (χ4v) is 5.72. The maximum atomic E-state index is 13.2. The SMILES string of the molecule is CCc1ccc(NC(=O)c2ccc(CN3C(=O)C(C)=C(c4ccc(OC)cc4)S3(=O)=O)cc2)cc1. The number of hydrogen-bond donors (Lipinski definition) is 1. The van der Waals surface area contributed by atoms with Gasteiger partial charge in [-0.1, -0.05) is 31.2 Å². The van der Waals surface area contributed by atoms with Crippen LogP contribution in [0, 0.1) is 0 Å². The number of hydrogen-bond acceptors (Lipinski definition) is 5. The highest BCUT2D eigenvalue weighted by Gasteiger charge is 2.42. The van der Waals surface area contributed by atoms with Gasteiger partial charge in [0.25, 0.3) is 21.8 Å². The Labute approximate surface area is 205 Å². The lowest BCUT2D eigenvalue weighted by Crippen LogP contribution is -2.30. The lowest BCUT2D eigenvalue weighted by Gasteiger charge is -2.17. The highest BCUT2D eigenvalue weighted by molar-refractivity contribution is 7.99. The molecule has 4 rings (SSSR count). The summed E-state index contributed by atoms with van der Waals surface area (Å²) < 4.78 is 32.5. The van der Waals surface area contributed by atoms with E-state index in [9.17, 15) is 18.0 Å². The van der Waals surface area contributed by atoms with Crippen LogP contribution in [-0.4, -0.2) is 31.6 Å². The summed E-state index contributed by atoms with van der Waals surface area (Å²) in [6, 6.07) is 20.7. The molecule has 2 amide bonds. The van der Waals surface area contributed by atoms with Crippen LogP contribution < -0.4 is 10.1 Å². The zero-order chi connectivity index (χ0) is 25.2. The lowest BCUT2D eigenvalue weighted by atomic mass is 10.1. The summed E-state index contributed by atoms with van der Waals surface area (Å²) in [5, 5.41) is 2.85. The first kappa shape index (κ1) is 24.2. The average Bonchev–Trinajstić information content (AvgIpc) is 3.04. The molecule has 3 aromatic carbocycles. The van der Waals surface area contributed by atoms with Gasteiger partial charge in [-0.2, -0.15) is 0 Å². The topological polar surface area (TPSA) is 92.8 Å². The fourth-order valence-electron chi connectivity index (χ4n) is 3.92. The Morgan fingerprint density at radius 2 is 1.51 bits per heavy atom. The summed E-state index contributed by atoms with van der Waals surface area (Å²) in [7, 11) is -2.50. The van der Waals surface area contributed by atoms with E-state index in [2.05, 4.69) is 12.2 Å². The van der Waals surface area contributed by atoms with Crippen molar-refractivity contribution in [3.8, 4) is 5.75 Å². The second-order valence-corrected chi connectivity index (χ2v) is 10.0. The molecule has 0 aromatic heterocycles. The van der Waals surface area contributed by atoms with Gasteiger partial charge in [-0.3, -0.25) is 9.59 Å². The summed E-state index contributed by atoms with van der Waals surface area (Å²) in [6.45, 7) is 3.45. The number of aryl methyl sites for hydroxylation is 1. The molecule has 8 heteroatoms. The van der Waals surface area contributed by atoms with Crippen LogP contribution in [0.5, 0.6) is 5.75 Å². The van der Waals surface area contributed by atoms with Crippen LogP contribution in [0.3, 0.4) is 0 Å². The van der Waals surface area contributed by atoms with Crippen LogP contribution in [0.2, 0.25) is 0 Å². The smallest absolute Gasteiger partial charge is 0.268 e. The van der Waals surface area contributed by atoms with E-state index in [1.54, 1.807) is 48.5 Å². The van der Waals surface area contributed by atoms with Gasteiger partial charge in [-0.15, -0.1) is 0 Å². The van der Waals surface area contributed by atoms with Crippen molar-refractivity contribution < 1.29 is 22.7 Å². The van der Waals surface area contributed by atoms with Gasteiger partial charge in [0.1, 0.15) is 10.7 Å². The van der Waals surface area contributed by atoms with Crippen molar-refractivity contribution >= 4 is 32.4 Å². The number of anilines is 1. The zero-order valence-corrected chi connectivity index (χ0v) is 20.6. The number of benzene rings is 3. The highest BCUT2D eigenvalue weighted by Crippen LogP contribution is 2.37. The molecule has 0 radical (unpaired) electrons. The third kappa shape index (κ3) is 4.83. The van der Waals surface area contributed by atoms with E-state index in [-0.39, 0.29) is 22.9 Å². The standard InChI is InChI=1S/C27H26N2O5S/c1-4-19-7-13-23(14-8-19)28-26(30)22-9-5-20(6-10-22)17-29-27(31)18(2)25(35(29,32)33)21-11-15-24(34-3)16-12-21/h5-16H,4,17H2,1-3H3,(H,28,30). The molecule has 1 aliphatic heterocycles. The Balaban J connectivity index is 1.49. The van der Waals surface area contributed by atoms with E-state index in [0.29, 0.717) is 28.1 Å². The third-order valence-corrected chi connectivity index (χ3v) is 7.88. The number of rotatable bonds is 7. The first-order valence-electron chi connectivity index (χ1n) is 11.2. The number of carbonyl (C=O) groups is 2. The van der Waals surface area contributed by atoms with Crippen molar-refractivity contribution in [1.29, 1.82) is 0 Å². The second kappa shape index (κ2) is 9.76. The van der Waals surface area contributed by atoms with Crippen molar-refractivity contribution in [1.82, 2.24) is 4.31 Å². The minimum absolute atomic E-state index is 0.00441. The Morgan fingerprint density at radius 1 is 0.914 bits per heavy atom. The average molecular weight is 491 g/mol. The van der Waals surface area contributed by atoms with Crippen LogP contribution in [0.1, 0.15) is 40.9 Å². The molecule has 1 heterocycles. The Kier molecular flexibility index (Phi) is 6.75. The number of amides is 2. The number of carbonyl (C=O) groups excluding carboxylic acids is 2. The maximum Gasteiger partial charge on any atom is 0.268 e. The quantitative estimate of drug-likeness (QED) is 0.522. The third-order valence-electron chi connectivity index (χ3n) is 5.95. The van der Waals surface area contributed by atoms with Crippen LogP contribution in [0.25, 0.3) is 4.91 Å². The van der Waals surface area contributed by atoms with Crippen LogP contribution in [0.15, 0.2) is 78.4 Å². The van der Waals surface area contributed by atoms with Gasteiger partial charge in [-0.05, 0) is 78.6 Å². The van der Waals surface area contributed by atoms with Gasteiger partial charge in [0.05, 0.1) is 13.7 Å². The predicted octanol–water partition coefficient (Wildman–Crippen LogP) is 4.61. The molecule has 7 nitrogen and oxygen atoms in total. The molecule has 0 bridgehead atoms. The molecule has 3 aromatic rings. The Hall–Kier alpha value is -3.91. The molecule has 0 saturated heterocycles. The van der Waals surface area contributed by atoms with Crippen molar-refractivity contribution in [2.24, 2.45) is 0 Å². The van der Waals surface area contributed by atoms with Crippen molar-refractivity contribution in [3.63, 3.8) is 0 Å². The van der Waals surface area contributed by atoms with Gasteiger partial charge in [0.2, 0.25) is 0 Å². The monoisotopic (exact) mass is 490 g/mol. The molecule has 0 saturated carbocycles. The number of sulfonamides is 1. The summed E-state index contributed by atoms with van der Waals surface area (Å²) in [5.74, 6) is -0.245. The maximum absolute atomic E-state index is 13.2. The minimum Gasteiger partial charge on any atom is -0.497 e. The summed E-state index contributed by atoms with van der Waals surface area (Å²) in [4.78, 5) is 25.4. The van der Waals surface area contributed by atoms with Crippen molar-refractivity contribution in [2.75, 3.05) is 12.4 Å². The summed E-state index contributed by atoms with van der Waals surface area (Å²) in [5.41, 5.74) is 3.49. The molecular formula is C27H26N2O5S. The van der Waals surface area contributed by atoms with E-state index >= 15 is 0 Å². The minimum atomic E-state index is -4.03. The van der Waals surface area contributed by atoms with Crippen LogP contribution in [0.4, 0.5) is 5.69 Å². The molecule has 35 heavy (non-hydrogen) atoms. The Morgan fingerprint density at radius 3 is 2.09 bits per heavy atom. The number of methoxy groups -OCH3 is 1. The molecule has 0 fully saturated rings. The second-order valence-electron chi connectivity index (χ2n) is 8.20. The van der Waals surface area contributed by atoms with E-state index in [1.165, 1.54) is 19.6 Å². The molecule has 1 N–H and O–H groups in total. The number of nitrogens with one attached hydrogen (secondary N) is 1. The molecule has 0 unspecified atom stereocenters. The molecular weight excluding hydrogens is 464 g/mol. The number of nitrogens with zero attached hydrogens (tertiary/aromatic N) is 1. The molecule has 0 spiro atoms. The Bertz CT molecular complexity index is 1390. The molecule has 0 atom stereocenters. The first-order valence-corrected chi connectivity index (χ1v) is 12.6. The van der Waals surface area contributed by atoms with Crippen molar-refractivity contribution in [2.45, 2.75) is 26.8 Å². The molecule has 180 valence electrons. The van der Waals surface area contributed by atoms with Crippen molar-refractivity contribution in [3.05, 3.63) is 101 Å². The van der Waals surface area contributed by atoms with Crippen LogP contribution >= 0.6 is 0 Å². The van der Waals surface area contributed by atoms with Gasteiger partial charge in [0, 0.05) is 16.8 Å².